The van der Waals surface area contributed by atoms with Crippen molar-refractivity contribution in [2.75, 3.05) is 16.6 Å². The Balaban J connectivity index is 1.89. The third kappa shape index (κ3) is 2.70. The smallest absolute Gasteiger partial charge is 0.264 e. The highest BCUT2D eigenvalue weighted by molar-refractivity contribution is 7.92. The van der Waals surface area contributed by atoms with E-state index >= 15 is 0 Å². The molecule has 1 aromatic heterocycles. The minimum Gasteiger partial charge on any atom is -0.368 e. The molecule has 1 aliphatic heterocycles. The van der Waals surface area contributed by atoms with Gasteiger partial charge < -0.3 is 5.73 Å². The standard InChI is InChI=1S/C19H18N4O2S/c1-13-6-8-15(9-7-13)26(24,25)23-11-10-14-12-21-19(20)22-18(14)16-4-2-3-5-17(16)23/h2-9,12H,10-11H2,1H3,(H2,20,21,22). The number of nitrogens with zero attached hydrogens (tertiary/aromatic N) is 3. The minimum absolute atomic E-state index is 0.174. The summed E-state index contributed by atoms with van der Waals surface area (Å²) in [6.07, 6.45) is 2.19. The molecule has 0 radical (unpaired) electrons. The van der Waals surface area contributed by atoms with E-state index < -0.39 is 10.0 Å². The number of aromatic nitrogens is 2. The van der Waals surface area contributed by atoms with Crippen molar-refractivity contribution in [2.24, 2.45) is 0 Å². The van der Waals surface area contributed by atoms with Gasteiger partial charge in [-0.3, -0.25) is 4.31 Å². The van der Waals surface area contributed by atoms with Crippen LogP contribution in [0.1, 0.15) is 11.1 Å². The van der Waals surface area contributed by atoms with Gasteiger partial charge in [-0.2, -0.15) is 0 Å². The molecule has 2 N–H and O–H groups in total. The second kappa shape index (κ2) is 6.10. The van der Waals surface area contributed by atoms with Crippen LogP contribution < -0.4 is 10.0 Å². The maximum Gasteiger partial charge on any atom is 0.264 e. The first-order valence-electron chi connectivity index (χ1n) is 8.27. The van der Waals surface area contributed by atoms with Gasteiger partial charge in [0.2, 0.25) is 5.95 Å². The van der Waals surface area contributed by atoms with Crippen molar-refractivity contribution < 1.29 is 8.42 Å². The van der Waals surface area contributed by atoms with E-state index in [-0.39, 0.29) is 10.8 Å². The lowest BCUT2D eigenvalue weighted by atomic mass is 10.1. The molecule has 0 saturated carbocycles. The first-order valence-corrected chi connectivity index (χ1v) is 9.71. The average molecular weight is 366 g/mol. The van der Waals surface area contributed by atoms with Crippen LogP contribution in [0.5, 0.6) is 0 Å². The summed E-state index contributed by atoms with van der Waals surface area (Å²) in [7, 11) is -3.69. The van der Waals surface area contributed by atoms with Gasteiger partial charge in [-0.1, -0.05) is 35.9 Å². The van der Waals surface area contributed by atoms with Crippen molar-refractivity contribution >= 4 is 21.7 Å². The normalized spacial score (nSPS) is 13.7. The second-order valence-corrected chi connectivity index (χ2v) is 8.12. The van der Waals surface area contributed by atoms with Gasteiger partial charge in [0.05, 0.1) is 16.3 Å². The van der Waals surface area contributed by atoms with Gasteiger partial charge >= 0.3 is 0 Å². The summed E-state index contributed by atoms with van der Waals surface area (Å²) >= 11 is 0. The number of anilines is 2. The van der Waals surface area contributed by atoms with Crippen LogP contribution >= 0.6 is 0 Å². The molecule has 0 aliphatic carbocycles. The summed E-state index contributed by atoms with van der Waals surface area (Å²) in [4.78, 5) is 8.69. The maximum atomic E-state index is 13.3. The molecule has 0 saturated heterocycles. The number of sulfonamides is 1. The Hall–Kier alpha value is -2.93. The molecular weight excluding hydrogens is 348 g/mol. The number of nitrogens with two attached hydrogens (primary N) is 1. The second-order valence-electron chi connectivity index (χ2n) is 6.26. The Morgan fingerprint density at radius 1 is 1.08 bits per heavy atom. The Morgan fingerprint density at radius 3 is 2.58 bits per heavy atom. The van der Waals surface area contributed by atoms with Crippen molar-refractivity contribution in [3.05, 3.63) is 65.9 Å². The Labute approximate surface area is 152 Å². The number of benzene rings is 2. The quantitative estimate of drug-likeness (QED) is 0.753. The molecule has 0 atom stereocenters. The first kappa shape index (κ1) is 16.5. The fraction of sp³-hybridized carbons (Fsp3) is 0.158. The molecular formula is C19H18N4O2S. The fourth-order valence-electron chi connectivity index (χ4n) is 3.16. The van der Waals surface area contributed by atoms with E-state index in [0.717, 1.165) is 16.7 Å². The zero-order chi connectivity index (χ0) is 18.3. The summed E-state index contributed by atoms with van der Waals surface area (Å²) in [5.74, 6) is 0.174. The molecule has 3 aromatic rings. The highest BCUT2D eigenvalue weighted by Crippen LogP contribution is 2.37. The predicted octanol–water partition coefficient (Wildman–Crippen LogP) is 2.79. The number of hydrogen-bond donors (Lipinski definition) is 1. The number of aryl methyl sites for hydroxylation is 1. The molecule has 6 nitrogen and oxygen atoms in total. The van der Waals surface area contributed by atoms with Crippen LogP contribution in [0.25, 0.3) is 11.3 Å². The van der Waals surface area contributed by atoms with E-state index in [2.05, 4.69) is 9.97 Å². The van der Waals surface area contributed by atoms with E-state index in [0.29, 0.717) is 24.3 Å². The van der Waals surface area contributed by atoms with Gasteiger partial charge in [-0.05, 0) is 37.1 Å². The van der Waals surface area contributed by atoms with Crippen molar-refractivity contribution in [3.63, 3.8) is 0 Å². The van der Waals surface area contributed by atoms with Crippen molar-refractivity contribution in [1.29, 1.82) is 0 Å². The highest BCUT2D eigenvalue weighted by Gasteiger charge is 2.30. The predicted molar refractivity (Wildman–Crippen MR) is 101 cm³/mol. The van der Waals surface area contributed by atoms with Crippen LogP contribution in [0.3, 0.4) is 0 Å². The number of nitrogen functional groups attached to an aromatic ring is 1. The fourth-order valence-corrected chi connectivity index (χ4v) is 4.64. The molecule has 1 aliphatic rings. The summed E-state index contributed by atoms with van der Waals surface area (Å²) in [6, 6.07) is 14.2. The number of hydrogen-bond acceptors (Lipinski definition) is 5. The van der Waals surface area contributed by atoms with E-state index in [1.165, 1.54) is 4.31 Å². The largest absolute Gasteiger partial charge is 0.368 e. The first-order chi connectivity index (χ1) is 12.5. The maximum absolute atomic E-state index is 13.3. The van der Waals surface area contributed by atoms with E-state index in [4.69, 9.17) is 5.73 Å². The molecule has 0 amide bonds. The molecule has 0 unspecified atom stereocenters. The van der Waals surface area contributed by atoms with Crippen LogP contribution in [-0.2, 0) is 16.4 Å². The van der Waals surface area contributed by atoms with E-state index in [1.54, 1.807) is 36.5 Å². The molecule has 7 heteroatoms. The molecule has 0 fully saturated rings. The van der Waals surface area contributed by atoms with Gasteiger partial charge in [-0.25, -0.2) is 18.4 Å². The summed E-state index contributed by atoms with van der Waals surface area (Å²) < 4.78 is 28.0. The van der Waals surface area contributed by atoms with Crippen molar-refractivity contribution in [2.45, 2.75) is 18.2 Å². The van der Waals surface area contributed by atoms with Gasteiger partial charge in [-0.15, -0.1) is 0 Å². The summed E-state index contributed by atoms with van der Waals surface area (Å²) in [5.41, 5.74) is 9.69. The summed E-state index contributed by atoms with van der Waals surface area (Å²) in [5, 5.41) is 0. The van der Waals surface area contributed by atoms with Crippen molar-refractivity contribution in [3.8, 4) is 11.3 Å². The van der Waals surface area contributed by atoms with Crippen LogP contribution in [0.2, 0.25) is 0 Å². The lowest BCUT2D eigenvalue weighted by Crippen LogP contribution is -2.32. The molecule has 26 heavy (non-hydrogen) atoms. The Morgan fingerprint density at radius 2 is 1.81 bits per heavy atom. The zero-order valence-corrected chi connectivity index (χ0v) is 15.1. The van der Waals surface area contributed by atoms with Gasteiger partial charge in [0.1, 0.15) is 0 Å². The zero-order valence-electron chi connectivity index (χ0n) is 14.3. The molecule has 0 bridgehead atoms. The SMILES string of the molecule is Cc1ccc(S(=O)(=O)N2CCc3cnc(N)nc3-c3ccccc32)cc1. The number of rotatable bonds is 2. The lowest BCUT2D eigenvalue weighted by molar-refractivity contribution is 0.591. The Kier molecular flexibility index (Phi) is 3.88. The van der Waals surface area contributed by atoms with E-state index in [9.17, 15) is 8.42 Å². The van der Waals surface area contributed by atoms with Crippen LogP contribution in [-0.4, -0.2) is 24.9 Å². The highest BCUT2D eigenvalue weighted by atomic mass is 32.2. The average Bonchev–Trinajstić information content (AvgIpc) is 2.79. The van der Waals surface area contributed by atoms with Crippen LogP contribution in [0, 0.1) is 6.92 Å². The van der Waals surface area contributed by atoms with Crippen molar-refractivity contribution in [1.82, 2.24) is 9.97 Å². The number of para-hydroxylation sites is 1. The van der Waals surface area contributed by atoms with Crippen LogP contribution in [0.15, 0.2) is 59.6 Å². The molecule has 132 valence electrons. The van der Waals surface area contributed by atoms with Gasteiger partial charge in [0.15, 0.2) is 0 Å². The lowest BCUT2D eigenvalue weighted by Gasteiger charge is -2.24. The molecule has 4 rings (SSSR count). The minimum atomic E-state index is -3.69. The number of fused-ring (bicyclic) bond motifs is 3. The Bertz CT molecular complexity index is 1080. The topological polar surface area (TPSA) is 89.2 Å². The third-order valence-corrected chi connectivity index (χ3v) is 6.33. The van der Waals surface area contributed by atoms with Gasteiger partial charge in [0.25, 0.3) is 10.0 Å². The molecule has 0 spiro atoms. The summed E-state index contributed by atoms with van der Waals surface area (Å²) in [6.45, 7) is 2.24. The van der Waals surface area contributed by atoms with Gasteiger partial charge in [0, 0.05) is 18.3 Å². The van der Waals surface area contributed by atoms with E-state index in [1.807, 2.05) is 25.1 Å². The molecule has 2 heterocycles. The monoisotopic (exact) mass is 366 g/mol. The third-order valence-electron chi connectivity index (χ3n) is 4.50. The molecule has 2 aromatic carbocycles. The van der Waals surface area contributed by atoms with Crippen LogP contribution in [0.4, 0.5) is 11.6 Å².